The lowest BCUT2D eigenvalue weighted by atomic mass is 10.1. The van der Waals surface area contributed by atoms with Crippen molar-refractivity contribution < 1.29 is 8.42 Å². The fraction of sp³-hybridized carbons (Fsp3) is 0.176. The van der Waals surface area contributed by atoms with Gasteiger partial charge in [-0.25, -0.2) is 12.4 Å². The first kappa shape index (κ1) is 14.8. The standard InChI is InChI=1S/C17H18N2O2S/c1-18(2)13-14-7-6-10-17-16(14)11-12-19(17)22(20,21)15-8-4-3-5-9-15/h3-12H,13H2,1-2H3. The van der Waals surface area contributed by atoms with E-state index in [9.17, 15) is 8.42 Å². The van der Waals surface area contributed by atoms with Crippen LogP contribution in [0.5, 0.6) is 0 Å². The van der Waals surface area contributed by atoms with Gasteiger partial charge in [0.25, 0.3) is 10.0 Å². The topological polar surface area (TPSA) is 42.3 Å². The Morgan fingerprint density at radius 1 is 0.955 bits per heavy atom. The van der Waals surface area contributed by atoms with Crippen molar-refractivity contribution in [2.24, 2.45) is 0 Å². The van der Waals surface area contributed by atoms with E-state index in [1.165, 1.54) is 3.97 Å². The van der Waals surface area contributed by atoms with Gasteiger partial charge < -0.3 is 4.90 Å². The molecule has 0 atom stereocenters. The van der Waals surface area contributed by atoms with E-state index in [4.69, 9.17) is 0 Å². The number of benzene rings is 2. The van der Waals surface area contributed by atoms with Gasteiger partial charge in [0.05, 0.1) is 10.4 Å². The maximum absolute atomic E-state index is 12.8. The molecule has 0 saturated heterocycles. The van der Waals surface area contributed by atoms with Crippen molar-refractivity contribution in [2.75, 3.05) is 14.1 Å². The fourth-order valence-electron chi connectivity index (χ4n) is 2.60. The molecular formula is C17H18N2O2S. The van der Waals surface area contributed by atoms with E-state index in [1.54, 1.807) is 30.5 Å². The average molecular weight is 314 g/mol. The quantitative estimate of drug-likeness (QED) is 0.743. The van der Waals surface area contributed by atoms with Crippen molar-refractivity contribution in [1.82, 2.24) is 8.87 Å². The number of rotatable bonds is 4. The average Bonchev–Trinajstić information content (AvgIpc) is 2.93. The van der Waals surface area contributed by atoms with Gasteiger partial charge in [-0.1, -0.05) is 30.3 Å². The van der Waals surface area contributed by atoms with Crippen molar-refractivity contribution in [3.8, 4) is 0 Å². The first-order valence-corrected chi connectivity index (χ1v) is 8.48. The summed E-state index contributed by atoms with van der Waals surface area (Å²) in [6, 6.07) is 16.1. The molecule has 1 heterocycles. The van der Waals surface area contributed by atoms with Crippen molar-refractivity contribution in [3.63, 3.8) is 0 Å². The summed E-state index contributed by atoms with van der Waals surface area (Å²) in [7, 11) is 0.429. The van der Waals surface area contributed by atoms with Crippen LogP contribution in [0.1, 0.15) is 5.56 Å². The highest BCUT2D eigenvalue weighted by Gasteiger charge is 2.19. The smallest absolute Gasteiger partial charge is 0.268 e. The van der Waals surface area contributed by atoms with E-state index in [0.717, 1.165) is 17.5 Å². The number of nitrogens with zero attached hydrogens (tertiary/aromatic N) is 2. The van der Waals surface area contributed by atoms with E-state index in [-0.39, 0.29) is 0 Å². The first-order chi connectivity index (χ1) is 10.5. The molecule has 1 aromatic heterocycles. The minimum Gasteiger partial charge on any atom is -0.305 e. The largest absolute Gasteiger partial charge is 0.305 e. The van der Waals surface area contributed by atoms with E-state index >= 15 is 0 Å². The molecule has 0 radical (unpaired) electrons. The molecule has 3 aromatic rings. The molecule has 0 aliphatic rings. The summed E-state index contributed by atoms with van der Waals surface area (Å²) in [5.41, 5.74) is 1.83. The summed E-state index contributed by atoms with van der Waals surface area (Å²) in [4.78, 5) is 2.36. The molecule has 0 bridgehead atoms. The van der Waals surface area contributed by atoms with Gasteiger partial charge in [-0.05, 0) is 43.9 Å². The monoisotopic (exact) mass is 314 g/mol. The molecule has 0 aliphatic heterocycles. The molecular weight excluding hydrogens is 296 g/mol. The molecule has 0 N–H and O–H groups in total. The number of aromatic nitrogens is 1. The Hall–Kier alpha value is -2.11. The fourth-order valence-corrected chi connectivity index (χ4v) is 3.97. The maximum atomic E-state index is 12.8. The third-order valence-electron chi connectivity index (χ3n) is 3.57. The molecule has 22 heavy (non-hydrogen) atoms. The summed E-state index contributed by atoms with van der Waals surface area (Å²) in [6.07, 6.45) is 1.63. The Morgan fingerprint density at radius 2 is 1.68 bits per heavy atom. The second-order valence-corrected chi connectivity index (χ2v) is 7.33. The number of hydrogen-bond acceptors (Lipinski definition) is 3. The van der Waals surface area contributed by atoms with Crippen molar-refractivity contribution >= 4 is 20.9 Å². The van der Waals surface area contributed by atoms with Crippen LogP contribution in [0.2, 0.25) is 0 Å². The van der Waals surface area contributed by atoms with Crippen LogP contribution < -0.4 is 0 Å². The number of hydrogen-bond donors (Lipinski definition) is 0. The van der Waals surface area contributed by atoms with E-state index in [2.05, 4.69) is 4.90 Å². The van der Waals surface area contributed by atoms with Crippen LogP contribution in [0.3, 0.4) is 0 Å². The van der Waals surface area contributed by atoms with Gasteiger partial charge in [-0.3, -0.25) is 0 Å². The lowest BCUT2D eigenvalue weighted by Gasteiger charge is -2.12. The molecule has 0 unspecified atom stereocenters. The Morgan fingerprint density at radius 3 is 2.36 bits per heavy atom. The lowest BCUT2D eigenvalue weighted by Crippen LogP contribution is -2.12. The Kier molecular flexibility index (Phi) is 3.76. The van der Waals surface area contributed by atoms with Crippen LogP contribution in [-0.2, 0) is 16.6 Å². The highest BCUT2D eigenvalue weighted by Crippen LogP contribution is 2.25. The van der Waals surface area contributed by atoms with Gasteiger partial charge >= 0.3 is 0 Å². The molecule has 114 valence electrons. The van der Waals surface area contributed by atoms with Gasteiger partial charge in [-0.15, -0.1) is 0 Å². The second-order valence-electron chi connectivity index (χ2n) is 5.52. The van der Waals surface area contributed by atoms with Gasteiger partial charge in [0, 0.05) is 18.1 Å². The zero-order valence-electron chi connectivity index (χ0n) is 12.6. The minimum atomic E-state index is -3.56. The summed E-state index contributed by atoms with van der Waals surface area (Å²) in [6.45, 7) is 0.771. The predicted octanol–water partition coefficient (Wildman–Crippen LogP) is 2.94. The van der Waals surface area contributed by atoms with Crippen LogP contribution in [0.15, 0.2) is 65.7 Å². The van der Waals surface area contributed by atoms with Crippen LogP contribution in [-0.4, -0.2) is 31.4 Å². The predicted molar refractivity (Wildman–Crippen MR) is 88.4 cm³/mol. The number of fused-ring (bicyclic) bond motifs is 1. The molecule has 0 amide bonds. The van der Waals surface area contributed by atoms with Gasteiger partial charge in [0.2, 0.25) is 0 Å². The molecule has 4 nitrogen and oxygen atoms in total. The second kappa shape index (κ2) is 5.59. The summed E-state index contributed by atoms with van der Waals surface area (Å²) >= 11 is 0. The van der Waals surface area contributed by atoms with Crippen molar-refractivity contribution in [1.29, 1.82) is 0 Å². The van der Waals surface area contributed by atoms with Crippen LogP contribution in [0, 0.1) is 0 Å². The molecule has 0 saturated carbocycles. The van der Waals surface area contributed by atoms with Gasteiger partial charge in [-0.2, -0.15) is 0 Å². The lowest BCUT2D eigenvalue weighted by molar-refractivity contribution is 0.404. The molecule has 2 aromatic carbocycles. The Labute approximate surface area is 130 Å². The Bertz CT molecular complexity index is 897. The SMILES string of the molecule is CN(C)Cc1cccc2c1ccn2S(=O)(=O)c1ccccc1. The normalized spacial score (nSPS) is 12.1. The zero-order chi connectivity index (χ0) is 15.7. The third-order valence-corrected chi connectivity index (χ3v) is 5.28. The Balaban J connectivity index is 2.17. The molecule has 3 rings (SSSR count). The van der Waals surface area contributed by atoms with E-state index in [1.807, 2.05) is 44.4 Å². The third kappa shape index (κ3) is 2.53. The minimum absolute atomic E-state index is 0.297. The van der Waals surface area contributed by atoms with Crippen LogP contribution >= 0.6 is 0 Å². The molecule has 0 spiro atoms. The van der Waals surface area contributed by atoms with Crippen molar-refractivity contribution in [3.05, 3.63) is 66.4 Å². The molecule has 5 heteroatoms. The van der Waals surface area contributed by atoms with Gasteiger partial charge in [0.15, 0.2) is 0 Å². The maximum Gasteiger partial charge on any atom is 0.268 e. The van der Waals surface area contributed by atoms with E-state index in [0.29, 0.717) is 10.4 Å². The van der Waals surface area contributed by atoms with E-state index < -0.39 is 10.0 Å². The summed E-state index contributed by atoms with van der Waals surface area (Å²) < 4.78 is 26.9. The molecule has 0 aliphatic carbocycles. The highest BCUT2D eigenvalue weighted by atomic mass is 32.2. The zero-order valence-corrected chi connectivity index (χ0v) is 13.4. The van der Waals surface area contributed by atoms with Crippen LogP contribution in [0.25, 0.3) is 10.9 Å². The van der Waals surface area contributed by atoms with Crippen molar-refractivity contribution in [2.45, 2.75) is 11.4 Å². The summed E-state index contributed by atoms with van der Waals surface area (Å²) in [5.74, 6) is 0. The van der Waals surface area contributed by atoms with Gasteiger partial charge in [0.1, 0.15) is 0 Å². The summed E-state index contributed by atoms with van der Waals surface area (Å²) in [5, 5.41) is 0.968. The first-order valence-electron chi connectivity index (χ1n) is 7.04. The molecule has 0 fully saturated rings. The van der Waals surface area contributed by atoms with Crippen LogP contribution in [0.4, 0.5) is 0 Å². The highest BCUT2D eigenvalue weighted by molar-refractivity contribution is 7.90.